The van der Waals surface area contributed by atoms with Gasteiger partial charge >= 0.3 is 6.18 Å². The van der Waals surface area contributed by atoms with Gasteiger partial charge in [0.15, 0.2) is 5.78 Å². The number of amides is 2. The Hall–Kier alpha value is -2.29. The quantitative estimate of drug-likeness (QED) is 0.636. The summed E-state index contributed by atoms with van der Waals surface area (Å²) in [5, 5.41) is 1.96. The minimum absolute atomic E-state index is 0.0272. The molecule has 1 fully saturated rings. The fraction of sp³-hybridized carbons (Fsp3) is 0.312. The molecule has 2 rings (SSSR count). The lowest BCUT2D eigenvalue weighted by atomic mass is 10.1. The molecule has 0 saturated carbocycles. The van der Waals surface area contributed by atoms with Gasteiger partial charge in [0.05, 0.1) is 10.8 Å². The van der Waals surface area contributed by atoms with Crippen molar-refractivity contribution in [1.82, 2.24) is 10.2 Å². The summed E-state index contributed by atoms with van der Waals surface area (Å²) in [7, 11) is 0. The van der Waals surface area contributed by atoms with Crippen LogP contribution < -0.4 is 5.32 Å². The molecule has 0 spiro atoms. The van der Waals surface area contributed by atoms with E-state index in [9.17, 15) is 27.6 Å². The van der Waals surface area contributed by atoms with Crippen molar-refractivity contribution in [3.05, 3.63) is 46.5 Å². The molecule has 1 aliphatic heterocycles. The van der Waals surface area contributed by atoms with Crippen molar-refractivity contribution < 1.29 is 27.6 Å². The third-order valence-corrected chi connectivity index (χ3v) is 4.39. The summed E-state index contributed by atoms with van der Waals surface area (Å²) in [6, 6.07) is 6.88. The average molecular weight is 372 g/mol. The van der Waals surface area contributed by atoms with E-state index in [1.807, 2.05) is 0 Å². The van der Waals surface area contributed by atoms with Gasteiger partial charge in [-0.1, -0.05) is 36.0 Å². The number of halogens is 3. The molecule has 1 aliphatic rings. The molecular weight excluding hydrogens is 357 g/mol. The molecule has 0 aliphatic carbocycles. The Morgan fingerprint density at radius 3 is 2.64 bits per heavy atom. The molecule has 0 atom stereocenters. The summed E-state index contributed by atoms with van der Waals surface area (Å²) in [6.07, 6.45) is -3.30. The second kappa shape index (κ2) is 7.73. The third-order valence-electron chi connectivity index (χ3n) is 3.36. The van der Waals surface area contributed by atoms with Gasteiger partial charge in [0.1, 0.15) is 13.1 Å². The van der Waals surface area contributed by atoms with E-state index < -0.39 is 31.1 Å². The number of alkyl halides is 3. The van der Waals surface area contributed by atoms with Crippen LogP contribution in [0.2, 0.25) is 0 Å². The molecule has 1 heterocycles. The van der Waals surface area contributed by atoms with E-state index in [1.54, 1.807) is 36.5 Å². The zero-order chi connectivity index (χ0) is 18.6. The molecule has 0 aromatic heterocycles. The predicted octanol–water partition coefficient (Wildman–Crippen LogP) is 2.27. The molecule has 0 unspecified atom stereocenters. The largest absolute Gasteiger partial charge is 0.405 e. The van der Waals surface area contributed by atoms with Crippen LogP contribution in [0.15, 0.2) is 35.4 Å². The van der Waals surface area contributed by atoms with E-state index in [0.717, 1.165) is 22.2 Å². The Bertz CT molecular complexity index is 732. The van der Waals surface area contributed by atoms with Crippen molar-refractivity contribution >= 4 is 29.4 Å². The molecule has 1 N–H and O–H groups in total. The van der Waals surface area contributed by atoms with Gasteiger partial charge in [0.25, 0.3) is 0 Å². The summed E-state index contributed by atoms with van der Waals surface area (Å²) >= 11 is 1.07. The van der Waals surface area contributed by atoms with Crippen molar-refractivity contribution in [3.63, 3.8) is 0 Å². The van der Waals surface area contributed by atoms with Crippen LogP contribution in [0, 0.1) is 6.92 Å². The molecule has 0 bridgehead atoms. The van der Waals surface area contributed by atoms with Crippen LogP contribution in [-0.4, -0.2) is 47.5 Å². The number of benzene rings is 1. The van der Waals surface area contributed by atoms with Crippen molar-refractivity contribution in [3.8, 4) is 0 Å². The number of carbonyl (C=O) groups excluding carboxylic acids is 3. The number of aryl methyl sites for hydroxylation is 1. The highest BCUT2D eigenvalue weighted by molar-refractivity contribution is 8.04. The standard InChI is InChI=1S/C16H15F3N2O3S/c1-10-4-2-3-5-11(10)12(22)6-15-21(14(24)8-25-15)7-13(23)20-9-16(17,18)19/h2-6H,7-9H2,1H3,(H,20,23)/b15-6-. The average Bonchev–Trinajstić information content (AvgIpc) is 2.86. The van der Waals surface area contributed by atoms with Gasteiger partial charge in [-0.3, -0.25) is 19.3 Å². The smallest absolute Gasteiger partial charge is 0.345 e. The van der Waals surface area contributed by atoms with E-state index in [4.69, 9.17) is 0 Å². The molecular formula is C16H15F3N2O3S. The van der Waals surface area contributed by atoms with Gasteiger partial charge in [-0.15, -0.1) is 0 Å². The highest BCUT2D eigenvalue weighted by Crippen LogP contribution is 2.29. The number of allylic oxidation sites excluding steroid dienone is 1. The van der Waals surface area contributed by atoms with Gasteiger partial charge in [-0.25, -0.2) is 0 Å². The van der Waals surface area contributed by atoms with Crippen LogP contribution in [-0.2, 0) is 9.59 Å². The fourth-order valence-electron chi connectivity index (χ4n) is 2.14. The minimum atomic E-state index is -4.53. The highest BCUT2D eigenvalue weighted by Gasteiger charge is 2.31. The first kappa shape index (κ1) is 19.0. The Kier molecular flexibility index (Phi) is 5.89. The number of hydrogen-bond acceptors (Lipinski definition) is 4. The second-order valence-electron chi connectivity index (χ2n) is 5.32. The zero-order valence-corrected chi connectivity index (χ0v) is 14.0. The lowest BCUT2D eigenvalue weighted by Crippen LogP contribution is -2.41. The normalized spacial score (nSPS) is 16.4. The van der Waals surface area contributed by atoms with E-state index in [1.165, 1.54) is 6.08 Å². The van der Waals surface area contributed by atoms with Crippen LogP contribution in [0.3, 0.4) is 0 Å². The number of carbonyl (C=O) groups is 3. The third kappa shape index (κ3) is 5.35. The number of hydrogen-bond donors (Lipinski definition) is 1. The van der Waals surface area contributed by atoms with E-state index in [2.05, 4.69) is 0 Å². The van der Waals surface area contributed by atoms with Gasteiger partial charge in [0, 0.05) is 11.6 Å². The molecule has 9 heteroatoms. The van der Waals surface area contributed by atoms with Crippen LogP contribution in [0.1, 0.15) is 15.9 Å². The Labute approximate surface area is 146 Å². The van der Waals surface area contributed by atoms with E-state index in [-0.39, 0.29) is 16.6 Å². The monoisotopic (exact) mass is 372 g/mol. The second-order valence-corrected chi connectivity index (χ2v) is 6.32. The summed E-state index contributed by atoms with van der Waals surface area (Å²) in [5.41, 5.74) is 1.21. The molecule has 1 aromatic rings. The first-order valence-electron chi connectivity index (χ1n) is 7.25. The van der Waals surface area contributed by atoms with Crippen molar-refractivity contribution in [2.75, 3.05) is 18.8 Å². The van der Waals surface area contributed by atoms with Gasteiger partial charge < -0.3 is 5.32 Å². The summed E-state index contributed by atoms with van der Waals surface area (Å²) in [6.45, 7) is -0.266. The van der Waals surface area contributed by atoms with Crippen molar-refractivity contribution in [2.45, 2.75) is 13.1 Å². The molecule has 0 radical (unpaired) electrons. The first-order valence-corrected chi connectivity index (χ1v) is 8.24. The maximum atomic E-state index is 12.3. The lowest BCUT2D eigenvalue weighted by molar-refractivity contribution is -0.140. The number of nitrogens with one attached hydrogen (secondary N) is 1. The number of rotatable bonds is 5. The molecule has 5 nitrogen and oxygen atoms in total. The minimum Gasteiger partial charge on any atom is -0.345 e. The van der Waals surface area contributed by atoms with Crippen molar-refractivity contribution in [1.29, 1.82) is 0 Å². The lowest BCUT2D eigenvalue weighted by Gasteiger charge is -2.17. The Balaban J connectivity index is 2.09. The summed E-state index contributed by atoms with van der Waals surface area (Å²) in [5.74, 6) is -1.69. The van der Waals surface area contributed by atoms with Gasteiger partial charge in [-0.05, 0) is 12.5 Å². The topological polar surface area (TPSA) is 66.5 Å². The maximum Gasteiger partial charge on any atom is 0.405 e. The molecule has 134 valence electrons. The number of ketones is 1. The highest BCUT2D eigenvalue weighted by atomic mass is 32.2. The van der Waals surface area contributed by atoms with Crippen molar-refractivity contribution in [2.24, 2.45) is 0 Å². The number of nitrogens with zero attached hydrogens (tertiary/aromatic N) is 1. The molecule has 1 aromatic carbocycles. The van der Waals surface area contributed by atoms with Gasteiger partial charge in [-0.2, -0.15) is 13.2 Å². The summed E-state index contributed by atoms with van der Waals surface area (Å²) < 4.78 is 36.4. The molecule has 2 amide bonds. The maximum absolute atomic E-state index is 12.3. The summed E-state index contributed by atoms with van der Waals surface area (Å²) in [4.78, 5) is 36.8. The predicted molar refractivity (Wildman–Crippen MR) is 86.8 cm³/mol. The fourth-order valence-corrected chi connectivity index (χ4v) is 3.08. The van der Waals surface area contributed by atoms with Crippen LogP contribution in [0.4, 0.5) is 13.2 Å². The van der Waals surface area contributed by atoms with Crippen LogP contribution in [0.5, 0.6) is 0 Å². The number of thioether (sulfide) groups is 1. The van der Waals surface area contributed by atoms with Crippen LogP contribution >= 0.6 is 11.8 Å². The Morgan fingerprint density at radius 2 is 2.00 bits per heavy atom. The van der Waals surface area contributed by atoms with E-state index >= 15 is 0 Å². The molecule has 25 heavy (non-hydrogen) atoms. The van der Waals surface area contributed by atoms with Crippen LogP contribution in [0.25, 0.3) is 0 Å². The SMILES string of the molecule is Cc1ccccc1C(=O)/C=C1\SCC(=O)N1CC(=O)NCC(F)(F)F. The van der Waals surface area contributed by atoms with E-state index in [0.29, 0.717) is 5.56 Å². The molecule has 1 saturated heterocycles. The van der Waals surface area contributed by atoms with Gasteiger partial charge in [0.2, 0.25) is 11.8 Å². The zero-order valence-electron chi connectivity index (χ0n) is 13.2. The first-order chi connectivity index (χ1) is 11.7. The Morgan fingerprint density at radius 1 is 1.32 bits per heavy atom.